The van der Waals surface area contributed by atoms with Gasteiger partial charge in [-0.1, -0.05) is 36.4 Å². The first kappa shape index (κ1) is 26.8. The summed E-state index contributed by atoms with van der Waals surface area (Å²) in [6, 6.07) is 18.8. The Labute approximate surface area is 216 Å². The van der Waals surface area contributed by atoms with Crippen molar-refractivity contribution in [2.45, 2.75) is 13.0 Å². The number of ether oxygens (including phenoxy) is 3. The number of hydrogen-bond acceptors (Lipinski definition) is 6. The average Bonchev–Trinajstić information content (AvgIpc) is 3.43. The number of amides is 2. The second-order valence-corrected chi connectivity index (χ2v) is 9.03. The van der Waals surface area contributed by atoms with E-state index >= 15 is 0 Å². The molecule has 0 N–H and O–H groups in total. The topological polar surface area (TPSA) is 68.3 Å². The van der Waals surface area contributed by atoms with Crippen molar-refractivity contribution in [1.29, 1.82) is 0 Å². The van der Waals surface area contributed by atoms with E-state index in [1.165, 1.54) is 4.90 Å². The lowest BCUT2D eigenvalue weighted by Crippen LogP contribution is -2.44. The molecular formula is C28H32N2O5S. The van der Waals surface area contributed by atoms with Crippen LogP contribution in [0.4, 0.5) is 0 Å². The molecule has 190 valence electrons. The van der Waals surface area contributed by atoms with E-state index in [9.17, 15) is 9.59 Å². The third-order valence-corrected chi connectivity index (χ3v) is 6.39. The van der Waals surface area contributed by atoms with Crippen LogP contribution in [0.1, 0.15) is 10.4 Å². The predicted octanol–water partition coefficient (Wildman–Crippen LogP) is 4.43. The maximum absolute atomic E-state index is 13.4. The van der Waals surface area contributed by atoms with Crippen LogP contribution in [0.3, 0.4) is 0 Å². The van der Waals surface area contributed by atoms with Crippen LogP contribution in [0.2, 0.25) is 0 Å². The van der Waals surface area contributed by atoms with Crippen molar-refractivity contribution >= 4 is 23.2 Å². The van der Waals surface area contributed by atoms with Crippen LogP contribution in [0.5, 0.6) is 17.2 Å². The lowest BCUT2D eigenvalue weighted by atomic mass is 10.1. The van der Waals surface area contributed by atoms with Gasteiger partial charge in [0.1, 0.15) is 12.3 Å². The van der Waals surface area contributed by atoms with Gasteiger partial charge in [0.2, 0.25) is 5.91 Å². The van der Waals surface area contributed by atoms with E-state index in [1.807, 2.05) is 53.9 Å². The Bertz CT molecular complexity index is 1120. The molecule has 0 spiro atoms. The SMILES string of the molecule is C=CCN(CC(=O)N(CCc1ccc(OC)c(OC)c1)Cc1cccs1)C(=O)COc1ccccc1. The molecule has 0 aliphatic carbocycles. The van der Waals surface area contributed by atoms with Crippen molar-refractivity contribution < 1.29 is 23.8 Å². The summed E-state index contributed by atoms with van der Waals surface area (Å²) in [5, 5.41) is 1.99. The Morgan fingerprint density at radius 1 is 0.944 bits per heavy atom. The monoisotopic (exact) mass is 508 g/mol. The van der Waals surface area contributed by atoms with E-state index in [2.05, 4.69) is 6.58 Å². The fraction of sp³-hybridized carbons (Fsp3) is 0.286. The number of hydrogen-bond donors (Lipinski definition) is 0. The first-order chi connectivity index (χ1) is 17.5. The fourth-order valence-electron chi connectivity index (χ4n) is 3.61. The molecule has 2 aromatic carbocycles. The van der Waals surface area contributed by atoms with Gasteiger partial charge < -0.3 is 24.0 Å². The van der Waals surface area contributed by atoms with Crippen molar-refractivity contribution in [2.24, 2.45) is 0 Å². The summed E-state index contributed by atoms with van der Waals surface area (Å²) in [4.78, 5) is 30.6. The molecule has 0 saturated heterocycles. The molecule has 7 nitrogen and oxygen atoms in total. The second kappa shape index (κ2) is 13.9. The Morgan fingerprint density at radius 3 is 2.39 bits per heavy atom. The van der Waals surface area contributed by atoms with Gasteiger partial charge in [-0.3, -0.25) is 9.59 Å². The van der Waals surface area contributed by atoms with Crippen LogP contribution in [-0.4, -0.2) is 62.1 Å². The average molecular weight is 509 g/mol. The standard InChI is InChI=1S/C28H32N2O5S/c1-4-15-29(28(32)21-35-23-9-6-5-7-10-23)20-27(31)30(19-24-11-8-17-36-24)16-14-22-12-13-25(33-2)26(18-22)34-3/h4-13,17-18H,1,14-16,19-21H2,2-3H3. The van der Waals surface area contributed by atoms with Crippen LogP contribution in [0.25, 0.3) is 0 Å². The molecule has 2 amide bonds. The molecule has 8 heteroatoms. The summed E-state index contributed by atoms with van der Waals surface area (Å²) < 4.78 is 16.3. The van der Waals surface area contributed by atoms with Gasteiger partial charge in [0.25, 0.3) is 5.91 Å². The molecule has 0 unspecified atom stereocenters. The minimum atomic E-state index is -0.275. The third kappa shape index (κ3) is 7.88. The van der Waals surface area contributed by atoms with Crippen molar-refractivity contribution in [3.63, 3.8) is 0 Å². The van der Waals surface area contributed by atoms with Gasteiger partial charge in [-0.2, -0.15) is 0 Å². The highest BCUT2D eigenvalue weighted by atomic mass is 32.1. The highest BCUT2D eigenvalue weighted by Gasteiger charge is 2.22. The number of nitrogens with zero attached hydrogens (tertiary/aromatic N) is 2. The Morgan fingerprint density at radius 2 is 1.72 bits per heavy atom. The van der Waals surface area contributed by atoms with E-state index < -0.39 is 0 Å². The maximum atomic E-state index is 13.4. The summed E-state index contributed by atoms with van der Waals surface area (Å²) in [5.74, 6) is 1.49. The van der Waals surface area contributed by atoms with E-state index in [1.54, 1.807) is 48.7 Å². The molecule has 0 aliphatic rings. The molecule has 0 bridgehead atoms. The van der Waals surface area contributed by atoms with Crippen molar-refractivity contribution in [1.82, 2.24) is 9.80 Å². The zero-order valence-corrected chi connectivity index (χ0v) is 21.5. The first-order valence-electron chi connectivity index (χ1n) is 11.6. The minimum absolute atomic E-state index is 0.0552. The Kier molecular flexibility index (Phi) is 10.4. The van der Waals surface area contributed by atoms with Crippen molar-refractivity contribution in [2.75, 3.05) is 40.5 Å². The van der Waals surface area contributed by atoms with Crippen LogP contribution in [0, 0.1) is 0 Å². The molecule has 36 heavy (non-hydrogen) atoms. The van der Waals surface area contributed by atoms with Gasteiger partial charge in [-0.05, 0) is 47.7 Å². The molecule has 3 rings (SSSR count). The normalized spacial score (nSPS) is 10.4. The summed E-state index contributed by atoms with van der Waals surface area (Å²) in [6.07, 6.45) is 2.24. The maximum Gasteiger partial charge on any atom is 0.261 e. The predicted molar refractivity (Wildman–Crippen MR) is 142 cm³/mol. The number of para-hydroxylation sites is 1. The Balaban J connectivity index is 1.68. The minimum Gasteiger partial charge on any atom is -0.493 e. The van der Waals surface area contributed by atoms with Gasteiger partial charge >= 0.3 is 0 Å². The molecule has 0 radical (unpaired) electrons. The molecule has 0 saturated carbocycles. The van der Waals surface area contributed by atoms with Gasteiger partial charge in [-0.25, -0.2) is 0 Å². The Hall–Kier alpha value is -3.78. The second-order valence-electron chi connectivity index (χ2n) is 8.00. The quantitative estimate of drug-likeness (QED) is 0.302. The molecule has 0 atom stereocenters. The van der Waals surface area contributed by atoms with E-state index in [-0.39, 0.29) is 31.5 Å². The van der Waals surface area contributed by atoms with Gasteiger partial charge in [0.05, 0.1) is 20.8 Å². The number of carbonyl (C=O) groups excluding carboxylic acids is 2. The molecule has 0 fully saturated rings. The number of carbonyl (C=O) groups is 2. The molecule has 0 aliphatic heterocycles. The number of benzene rings is 2. The van der Waals surface area contributed by atoms with Crippen LogP contribution < -0.4 is 14.2 Å². The smallest absolute Gasteiger partial charge is 0.261 e. The number of methoxy groups -OCH3 is 2. The summed E-state index contributed by atoms with van der Waals surface area (Å²) >= 11 is 1.60. The third-order valence-electron chi connectivity index (χ3n) is 5.53. The first-order valence-corrected chi connectivity index (χ1v) is 12.5. The summed E-state index contributed by atoms with van der Waals surface area (Å²) in [5.41, 5.74) is 1.02. The van der Waals surface area contributed by atoms with Gasteiger partial charge in [-0.15, -0.1) is 17.9 Å². The number of thiophene rings is 1. The zero-order valence-electron chi connectivity index (χ0n) is 20.7. The highest BCUT2D eigenvalue weighted by molar-refractivity contribution is 7.09. The largest absolute Gasteiger partial charge is 0.493 e. The fourth-order valence-corrected chi connectivity index (χ4v) is 4.33. The molecular weight excluding hydrogens is 476 g/mol. The lowest BCUT2D eigenvalue weighted by Gasteiger charge is -2.27. The summed E-state index contributed by atoms with van der Waals surface area (Å²) in [6.45, 7) is 4.75. The number of rotatable bonds is 14. The van der Waals surface area contributed by atoms with Crippen LogP contribution >= 0.6 is 11.3 Å². The zero-order chi connectivity index (χ0) is 25.8. The highest BCUT2D eigenvalue weighted by Crippen LogP contribution is 2.28. The van der Waals surface area contributed by atoms with E-state index in [0.29, 0.717) is 36.8 Å². The van der Waals surface area contributed by atoms with Crippen molar-refractivity contribution in [3.8, 4) is 17.2 Å². The molecule has 3 aromatic rings. The van der Waals surface area contributed by atoms with E-state index in [4.69, 9.17) is 14.2 Å². The van der Waals surface area contributed by atoms with Crippen LogP contribution in [-0.2, 0) is 22.6 Å². The van der Waals surface area contributed by atoms with Crippen molar-refractivity contribution in [3.05, 3.63) is 89.1 Å². The van der Waals surface area contributed by atoms with Gasteiger partial charge in [0.15, 0.2) is 18.1 Å². The summed E-state index contributed by atoms with van der Waals surface area (Å²) in [7, 11) is 3.20. The van der Waals surface area contributed by atoms with Gasteiger partial charge in [0, 0.05) is 18.0 Å². The van der Waals surface area contributed by atoms with E-state index in [0.717, 1.165) is 10.4 Å². The van der Waals surface area contributed by atoms with Crippen LogP contribution in [0.15, 0.2) is 78.7 Å². The lowest BCUT2D eigenvalue weighted by molar-refractivity contribution is -0.141. The molecule has 1 heterocycles. The molecule has 1 aromatic heterocycles.